The van der Waals surface area contributed by atoms with E-state index >= 15 is 0 Å². The monoisotopic (exact) mass is 286 g/mol. The molecule has 0 fully saturated rings. The van der Waals surface area contributed by atoms with Crippen molar-refractivity contribution in [2.45, 2.75) is 46.2 Å². The predicted molar refractivity (Wildman–Crippen MR) is 81.5 cm³/mol. The van der Waals surface area contributed by atoms with Crippen LogP contribution in [0.5, 0.6) is 5.75 Å². The van der Waals surface area contributed by atoms with E-state index in [9.17, 15) is 0 Å². The zero-order valence-corrected chi connectivity index (χ0v) is 12.9. The van der Waals surface area contributed by atoms with Crippen LogP contribution in [0.25, 0.3) is 0 Å². The Morgan fingerprint density at radius 1 is 1.33 bits per heavy atom. The molecule has 4 nitrogen and oxygen atoms in total. The number of aromatic nitrogens is 1. The van der Waals surface area contributed by atoms with Crippen LogP contribution in [-0.4, -0.2) is 11.8 Å². The second-order valence-electron chi connectivity index (χ2n) is 5.61. The summed E-state index contributed by atoms with van der Waals surface area (Å²) in [5.74, 6) is 1.94. The summed E-state index contributed by atoms with van der Waals surface area (Å²) in [6.45, 7) is 7.75. The Labute approximate surface area is 125 Å². The van der Waals surface area contributed by atoms with E-state index in [4.69, 9.17) is 9.26 Å². The van der Waals surface area contributed by atoms with E-state index in [1.54, 1.807) is 0 Å². The van der Waals surface area contributed by atoms with Crippen LogP contribution in [0.15, 0.2) is 22.7 Å². The van der Waals surface area contributed by atoms with Gasteiger partial charge in [-0.1, -0.05) is 24.2 Å². The fourth-order valence-corrected chi connectivity index (χ4v) is 2.90. The van der Waals surface area contributed by atoms with Crippen LogP contribution in [0.4, 0.5) is 0 Å². The van der Waals surface area contributed by atoms with Crippen molar-refractivity contribution in [3.05, 3.63) is 46.3 Å². The molecular formula is C17H22N2O2. The minimum atomic E-state index is 0.338. The molecule has 0 spiro atoms. The number of hydrogen-bond donors (Lipinski definition) is 1. The summed E-state index contributed by atoms with van der Waals surface area (Å²) >= 11 is 0. The van der Waals surface area contributed by atoms with Crippen LogP contribution < -0.4 is 10.1 Å². The molecule has 0 saturated heterocycles. The van der Waals surface area contributed by atoms with Gasteiger partial charge in [0.15, 0.2) is 0 Å². The van der Waals surface area contributed by atoms with Crippen molar-refractivity contribution in [2.24, 2.45) is 0 Å². The van der Waals surface area contributed by atoms with Gasteiger partial charge < -0.3 is 14.6 Å². The molecule has 1 aromatic heterocycles. The minimum absolute atomic E-state index is 0.338. The van der Waals surface area contributed by atoms with Crippen molar-refractivity contribution in [1.29, 1.82) is 0 Å². The van der Waals surface area contributed by atoms with Gasteiger partial charge >= 0.3 is 0 Å². The van der Waals surface area contributed by atoms with Crippen LogP contribution >= 0.6 is 0 Å². The summed E-state index contributed by atoms with van der Waals surface area (Å²) in [4.78, 5) is 0. The molecule has 112 valence electrons. The largest absolute Gasteiger partial charge is 0.493 e. The zero-order chi connectivity index (χ0) is 14.8. The topological polar surface area (TPSA) is 47.3 Å². The summed E-state index contributed by atoms with van der Waals surface area (Å²) in [6.07, 6.45) is 2.06. The molecule has 3 rings (SSSR count). The number of aryl methyl sites for hydroxylation is 2. The third kappa shape index (κ3) is 2.81. The first-order chi connectivity index (χ1) is 10.2. The van der Waals surface area contributed by atoms with Gasteiger partial charge in [-0.15, -0.1) is 0 Å². The van der Waals surface area contributed by atoms with Gasteiger partial charge in [0, 0.05) is 24.6 Å². The Morgan fingerprint density at radius 2 is 2.19 bits per heavy atom. The Kier molecular flexibility index (Phi) is 3.97. The first-order valence-electron chi connectivity index (χ1n) is 7.59. The molecule has 0 amide bonds. The highest BCUT2D eigenvalue weighted by Gasteiger charge is 2.17. The lowest BCUT2D eigenvalue weighted by molar-refractivity contribution is 0.356. The van der Waals surface area contributed by atoms with Gasteiger partial charge in [-0.3, -0.25) is 0 Å². The molecule has 21 heavy (non-hydrogen) atoms. The highest BCUT2D eigenvalue weighted by atomic mass is 16.5. The van der Waals surface area contributed by atoms with Crippen molar-refractivity contribution in [2.75, 3.05) is 6.61 Å². The molecule has 2 aromatic rings. The van der Waals surface area contributed by atoms with Crippen LogP contribution in [0.2, 0.25) is 0 Å². The quantitative estimate of drug-likeness (QED) is 0.914. The van der Waals surface area contributed by atoms with Crippen molar-refractivity contribution in [1.82, 2.24) is 10.5 Å². The molecule has 1 atom stereocenters. The van der Waals surface area contributed by atoms with E-state index in [2.05, 4.69) is 35.6 Å². The lowest BCUT2D eigenvalue weighted by atomic mass is 10.0. The first kappa shape index (κ1) is 14.1. The lowest BCUT2D eigenvalue weighted by Gasteiger charge is -2.18. The van der Waals surface area contributed by atoms with Crippen LogP contribution in [-0.2, 0) is 13.0 Å². The summed E-state index contributed by atoms with van der Waals surface area (Å²) in [5.41, 5.74) is 4.79. The first-order valence-corrected chi connectivity index (χ1v) is 7.59. The molecule has 1 aliphatic rings. The number of nitrogens with one attached hydrogen (secondary N) is 1. The van der Waals surface area contributed by atoms with Gasteiger partial charge in [0.2, 0.25) is 0 Å². The van der Waals surface area contributed by atoms with Crippen molar-refractivity contribution >= 4 is 0 Å². The molecule has 1 unspecified atom stereocenters. The van der Waals surface area contributed by atoms with Gasteiger partial charge in [-0.05, 0) is 37.5 Å². The number of ether oxygens (including phenoxy) is 1. The predicted octanol–water partition coefficient (Wildman–Crippen LogP) is 3.47. The molecule has 2 heterocycles. The Morgan fingerprint density at radius 3 is 2.90 bits per heavy atom. The van der Waals surface area contributed by atoms with Gasteiger partial charge in [0.1, 0.15) is 11.5 Å². The number of nitrogens with zero attached hydrogens (tertiary/aromatic N) is 1. The summed E-state index contributed by atoms with van der Waals surface area (Å²) in [6, 6.07) is 6.87. The average molecular weight is 286 g/mol. The molecule has 1 N–H and O–H groups in total. The fourth-order valence-electron chi connectivity index (χ4n) is 2.90. The smallest absolute Gasteiger partial charge is 0.138 e. The van der Waals surface area contributed by atoms with Gasteiger partial charge in [0.05, 0.1) is 12.3 Å². The molecule has 1 aliphatic heterocycles. The standard InChI is InChI=1S/C17H22N2O2/c1-4-16(18-10-15-11(2)19-21-12(15)3)13-5-6-17-14(9-13)7-8-20-17/h5-6,9,16,18H,4,7-8,10H2,1-3H3. The van der Waals surface area contributed by atoms with E-state index in [0.29, 0.717) is 6.04 Å². The molecular weight excluding hydrogens is 264 g/mol. The van der Waals surface area contributed by atoms with E-state index in [0.717, 1.165) is 48.8 Å². The normalized spacial score (nSPS) is 14.8. The highest BCUT2D eigenvalue weighted by molar-refractivity contribution is 5.40. The average Bonchev–Trinajstić information content (AvgIpc) is 3.07. The van der Waals surface area contributed by atoms with Gasteiger partial charge in [0.25, 0.3) is 0 Å². The van der Waals surface area contributed by atoms with Gasteiger partial charge in [-0.2, -0.15) is 0 Å². The van der Waals surface area contributed by atoms with Crippen molar-refractivity contribution < 1.29 is 9.26 Å². The van der Waals surface area contributed by atoms with Crippen LogP contribution in [0, 0.1) is 13.8 Å². The van der Waals surface area contributed by atoms with E-state index in [-0.39, 0.29) is 0 Å². The molecule has 0 saturated carbocycles. The maximum Gasteiger partial charge on any atom is 0.138 e. The number of benzene rings is 1. The fraction of sp³-hybridized carbons (Fsp3) is 0.471. The number of hydrogen-bond acceptors (Lipinski definition) is 4. The maximum absolute atomic E-state index is 5.58. The second kappa shape index (κ2) is 5.90. The minimum Gasteiger partial charge on any atom is -0.493 e. The second-order valence-corrected chi connectivity index (χ2v) is 5.61. The zero-order valence-electron chi connectivity index (χ0n) is 12.9. The molecule has 0 radical (unpaired) electrons. The molecule has 0 bridgehead atoms. The van der Waals surface area contributed by atoms with E-state index < -0.39 is 0 Å². The third-order valence-corrected chi connectivity index (χ3v) is 4.23. The third-order valence-electron chi connectivity index (χ3n) is 4.23. The molecule has 4 heteroatoms. The summed E-state index contributed by atoms with van der Waals surface area (Å²) in [5, 5.41) is 7.63. The number of rotatable bonds is 5. The van der Waals surface area contributed by atoms with Crippen molar-refractivity contribution in [3.63, 3.8) is 0 Å². The van der Waals surface area contributed by atoms with E-state index in [1.165, 1.54) is 11.1 Å². The lowest BCUT2D eigenvalue weighted by Crippen LogP contribution is -2.21. The van der Waals surface area contributed by atoms with E-state index in [1.807, 2.05) is 13.8 Å². The highest BCUT2D eigenvalue weighted by Crippen LogP contribution is 2.29. The van der Waals surface area contributed by atoms with Gasteiger partial charge in [-0.25, -0.2) is 0 Å². The van der Waals surface area contributed by atoms with Crippen LogP contribution in [0.3, 0.4) is 0 Å². The Hall–Kier alpha value is -1.81. The molecule has 1 aromatic carbocycles. The Balaban J connectivity index is 1.73. The summed E-state index contributed by atoms with van der Waals surface area (Å²) < 4.78 is 10.8. The maximum atomic E-state index is 5.58. The van der Waals surface area contributed by atoms with Crippen molar-refractivity contribution in [3.8, 4) is 5.75 Å². The van der Waals surface area contributed by atoms with Crippen LogP contribution in [0.1, 0.15) is 47.5 Å². The Bertz CT molecular complexity index is 614. The molecule has 0 aliphatic carbocycles. The SMILES string of the molecule is CCC(NCc1c(C)noc1C)c1ccc2c(c1)CCO2. The number of fused-ring (bicyclic) bond motifs is 1. The summed E-state index contributed by atoms with van der Waals surface area (Å²) in [7, 11) is 0.